The summed E-state index contributed by atoms with van der Waals surface area (Å²) in [5.74, 6) is -0.522. The average Bonchev–Trinajstić information content (AvgIpc) is 2.37. The van der Waals surface area contributed by atoms with Crippen molar-refractivity contribution in [2.75, 3.05) is 0 Å². The molecule has 0 saturated carbocycles. The molecule has 0 unspecified atom stereocenters. The maximum Gasteiger partial charge on any atom is 0.141 e. The number of rotatable bonds is 4. The first kappa shape index (κ1) is 14.0. The second kappa shape index (κ2) is 6.18. The summed E-state index contributed by atoms with van der Waals surface area (Å²) >= 11 is 11.8. The van der Waals surface area contributed by atoms with Crippen LogP contribution >= 0.6 is 23.2 Å². The van der Waals surface area contributed by atoms with Crippen LogP contribution in [0.1, 0.15) is 11.1 Å². The Bertz CT molecular complexity index is 611. The molecule has 0 aliphatic heterocycles. The van der Waals surface area contributed by atoms with Gasteiger partial charge in [-0.05, 0) is 35.4 Å². The van der Waals surface area contributed by atoms with Crippen molar-refractivity contribution >= 4 is 29.0 Å². The predicted molar refractivity (Wildman–Crippen MR) is 75.3 cm³/mol. The lowest BCUT2D eigenvalue weighted by molar-refractivity contribution is -0.117. The molecule has 0 aliphatic rings. The maximum absolute atomic E-state index is 13.5. The van der Waals surface area contributed by atoms with E-state index in [-0.39, 0.29) is 18.6 Å². The van der Waals surface area contributed by atoms with Gasteiger partial charge in [-0.1, -0.05) is 41.4 Å². The van der Waals surface area contributed by atoms with Crippen LogP contribution in [0.5, 0.6) is 0 Å². The molecule has 2 aromatic rings. The maximum atomic E-state index is 13.5. The third kappa shape index (κ3) is 3.79. The molecule has 0 amide bonds. The molecule has 0 aromatic heterocycles. The van der Waals surface area contributed by atoms with Crippen LogP contribution in [0.2, 0.25) is 10.0 Å². The highest BCUT2D eigenvalue weighted by molar-refractivity contribution is 6.31. The van der Waals surface area contributed by atoms with Gasteiger partial charge in [-0.3, -0.25) is 4.79 Å². The molecule has 0 saturated heterocycles. The van der Waals surface area contributed by atoms with E-state index in [1.54, 1.807) is 18.2 Å². The molecule has 0 radical (unpaired) electrons. The molecule has 0 spiro atoms. The minimum atomic E-state index is -0.420. The Morgan fingerprint density at radius 2 is 1.68 bits per heavy atom. The number of ketones is 1. The lowest BCUT2D eigenvalue weighted by atomic mass is 10.0. The van der Waals surface area contributed by atoms with Crippen LogP contribution in [0.3, 0.4) is 0 Å². The number of carbonyl (C=O) groups is 1. The Kier molecular flexibility index (Phi) is 4.56. The van der Waals surface area contributed by atoms with Gasteiger partial charge in [0.2, 0.25) is 0 Å². The fraction of sp³-hybridized carbons (Fsp3) is 0.133. The Morgan fingerprint density at radius 3 is 2.42 bits per heavy atom. The smallest absolute Gasteiger partial charge is 0.141 e. The van der Waals surface area contributed by atoms with E-state index in [1.165, 1.54) is 18.2 Å². The Balaban J connectivity index is 2.10. The van der Waals surface area contributed by atoms with Crippen LogP contribution < -0.4 is 0 Å². The molecule has 0 aliphatic carbocycles. The van der Waals surface area contributed by atoms with Crippen molar-refractivity contribution in [3.63, 3.8) is 0 Å². The summed E-state index contributed by atoms with van der Waals surface area (Å²) in [7, 11) is 0. The molecular weight excluding hydrogens is 286 g/mol. The van der Waals surface area contributed by atoms with E-state index in [4.69, 9.17) is 23.2 Å². The molecule has 1 nitrogen and oxygen atoms in total. The first-order valence-electron chi connectivity index (χ1n) is 5.75. The van der Waals surface area contributed by atoms with Gasteiger partial charge in [-0.15, -0.1) is 0 Å². The SMILES string of the molecule is O=C(Cc1cc(Cl)ccc1F)Cc1ccccc1Cl. The van der Waals surface area contributed by atoms with Crippen molar-refractivity contribution in [2.24, 2.45) is 0 Å². The van der Waals surface area contributed by atoms with Gasteiger partial charge in [-0.25, -0.2) is 4.39 Å². The molecule has 0 heterocycles. The van der Waals surface area contributed by atoms with Crippen LogP contribution in [0, 0.1) is 5.82 Å². The summed E-state index contributed by atoms with van der Waals surface area (Å²) in [6.07, 6.45) is 0.198. The van der Waals surface area contributed by atoms with Crippen molar-refractivity contribution in [1.82, 2.24) is 0 Å². The molecule has 0 atom stereocenters. The van der Waals surface area contributed by atoms with Gasteiger partial charge in [0.05, 0.1) is 0 Å². The second-order valence-corrected chi connectivity index (χ2v) is 5.06. The highest BCUT2D eigenvalue weighted by atomic mass is 35.5. The van der Waals surface area contributed by atoms with Gasteiger partial charge in [0.15, 0.2) is 0 Å². The normalized spacial score (nSPS) is 10.5. The van der Waals surface area contributed by atoms with Gasteiger partial charge >= 0.3 is 0 Å². The molecule has 0 bridgehead atoms. The minimum absolute atomic E-state index is 0.0115. The highest BCUT2D eigenvalue weighted by Gasteiger charge is 2.11. The standard InChI is InChI=1S/C15H11Cl2FO/c16-12-5-6-15(18)11(7-12)9-13(19)8-10-3-1-2-4-14(10)17/h1-7H,8-9H2. The van der Waals surface area contributed by atoms with Gasteiger partial charge in [0, 0.05) is 22.9 Å². The highest BCUT2D eigenvalue weighted by Crippen LogP contribution is 2.19. The monoisotopic (exact) mass is 296 g/mol. The number of halogens is 3. The molecule has 19 heavy (non-hydrogen) atoms. The van der Waals surface area contributed by atoms with E-state index in [2.05, 4.69) is 0 Å². The van der Waals surface area contributed by atoms with Crippen LogP contribution in [0.15, 0.2) is 42.5 Å². The summed E-state index contributed by atoms with van der Waals surface area (Å²) in [6.45, 7) is 0. The van der Waals surface area contributed by atoms with E-state index < -0.39 is 5.82 Å². The second-order valence-electron chi connectivity index (χ2n) is 4.22. The molecule has 4 heteroatoms. The van der Waals surface area contributed by atoms with Crippen molar-refractivity contribution < 1.29 is 9.18 Å². The summed E-state index contributed by atoms with van der Waals surface area (Å²) < 4.78 is 13.5. The lowest BCUT2D eigenvalue weighted by Gasteiger charge is -2.05. The lowest BCUT2D eigenvalue weighted by Crippen LogP contribution is -2.08. The van der Waals surface area contributed by atoms with Crippen molar-refractivity contribution in [1.29, 1.82) is 0 Å². The molecule has 0 fully saturated rings. The first-order chi connectivity index (χ1) is 9.06. The quantitative estimate of drug-likeness (QED) is 0.812. The van der Waals surface area contributed by atoms with Gasteiger partial charge in [-0.2, -0.15) is 0 Å². The first-order valence-corrected chi connectivity index (χ1v) is 6.51. The van der Waals surface area contributed by atoms with Crippen LogP contribution in [-0.4, -0.2) is 5.78 Å². The van der Waals surface area contributed by atoms with Crippen molar-refractivity contribution in [3.8, 4) is 0 Å². The largest absolute Gasteiger partial charge is 0.299 e. The Labute approximate surface area is 121 Å². The minimum Gasteiger partial charge on any atom is -0.299 e. The van der Waals surface area contributed by atoms with E-state index in [1.807, 2.05) is 6.07 Å². The zero-order chi connectivity index (χ0) is 13.8. The van der Waals surface area contributed by atoms with E-state index in [0.717, 1.165) is 5.56 Å². The zero-order valence-electron chi connectivity index (χ0n) is 10.00. The number of Topliss-reactive ketones (excluding diaryl/α,β-unsaturated/α-hetero) is 1. The summed E-state index contributed by atoms with van der Waals surface area (Å²) in [4.78, 5) is 11.9. The zero-order valence-corrected chi connectivity index (χ0v) is 11.5. The van der Waals surface area contributed by atoms with Crippen molar-refractivity contribution in [2.45, 2.75) is 12.8 Å². The molecule has 2 rings (SSSR count). The third-order valence-electron chi connectivity index (χ3n) is 2.74. The third-order valence-corrected chi connectivity index (χ3v) is 3.34. The fourth-order valence-electron chi connectivity index (χ4n) is 1.81. The van der Waals surface area contributed by atoms with Crippen LogP contribution in [-0.2, 0) is 17.6 Å². The summed E-state index contributed by atoms with van der Waals surface area (Å²) in [5.41, 5.74) is 1.06. The topological polar surface area (TPSA) is 17.1 Å². The van der Waals surface area contributed by atoms with Gasteiger partial charge < -0.3 is 0 Å². The Hall–Kier alpha value is -1.38. The Morgan fingerprint density at radius 1 is 1.00 bits per heavy atom. The summed E-state index contributed by atoms with van der Waals surface area (Å²) in [5, 5.41) is 0.962. The molecule has 98 valence electrons. The molecule has 2 aromatic carbocycles. The van der Waals surface area contributed by atoms with Crippen molar-refractivity contribution in [3.05, 3.63) is 69.5 Å². The predicted octanol–water partition coefficient (Wildman–Crippen LogP) is 4.49. The van der Waals surface area contributed by atoms with E-state index in [0.29, 0.717) is 15.6 Å². The average molecular weight is 297 g/mol. The number of hydrogen-bond donors (Lipinski definition) is 0. The fourth-order valence-corrected chi connectivity index (χ4v) is 2.21. The number of benzene rings is 2. The van der Waals surface area contributed by atoms with Crippen LogP contribution in [0.25, 0.3) is 0 Å². The van der Waals surface area contributed by atoms with E-state index >= 15 is 0 Å². The molecule has 0 N–H and O–H groups in total. The van der Waals surface area contributed by atoms with Gasteiger partial charge in [0.1, 0.15) is 11.6 Å². The van der Waals surface area contributed by atoms with Crippen LogP contribution in [0.4, 0.5) is 4.39 Å². The number of hydrogen-bond acceptors (Lipinski definition) is 1. The van der Waals surface area contributed by atoms with E-state index in [9.17, 15) is 9.18 Å². The number of carbonyl (C=O) groups excluding carboxylic acids is 1. The summed E-state index contributed by atoms with van der Waals surface area (Å²) in [6, 6.07) is 11.3. The molecular formula is C15H11Cl2FO. The van der Waals surface area contributed by atoms with Gasteiger partial charge in [0.25, 0.3) is 0 Å².